The summed E-state index contributed by atoms with van der Waals surface area (Å²) in [6.45, 7) is 2.23. The van der Waals surface area contributed by atoms with Crippen molar-refractivity contribution in [2.75, 3.05) is 78.3 Å². The minimum absolute atomic E-state index is 0.0671. The molecule has 1 rings (SSSR count). The van der Waals surface area contributed by atoms with Crippen LogP contribution in [0.3, 0.4) is 0 Å². The van der Waals surface area contributed by atoms with Crippen LogP contribution in [0.2, 0.25) is 0 Å². The highest BCUT2D eigenvalue weighted by molar-refractivity contribution is 7.44. The van der Waals surface area contributed by atoms with Gasteiger partial charge in [-0.05, 0) is 0 Å². The summed E-state index contributed by atoms with van der Waals surface area (Å²) >= 11 is 0. The van der Waals surface area contributed by atoms with Crippen molar-refractivity contribution < 1.29 is 39.5 Å². The highest BCUT2D eigenvalue weighted by atomic mass is 31.2. The van der Waals surface area contributed by atoms with Gasteiger partial charge < -0.3 is 15.3 Å². The van der Waals surface area contributed by atoms with E-state index in [4.69, 9.17) is 15.3 Å². The maximum atomic E-state index is 11.1. The van der Waals surface area contributed by atoms with Crippen LogP contribution in [0.25, 0.3) is 0 Å². The summed E-state index contributed by atoms with van der Waals surface area (Å²) < 4.78 is 0. The van der Waals surface area contributed by atoms with Crippen LogP contribution in [0, 0.1) is 0 Å². The van der Waals surface area contributed by atoms with E-state index in [1.54, 1.807) is 19.6 Å². The van der Waals surface area contributed by atoms with Crippen LogP contribution in [0.5, 0.6) is 0 Å². The van der Waals surface area contributed by atoms with Crippen LogP contribution in [-0.4, -0.2) is 141 Å². The van der Waals surface area contributed by atoms with Gasteiger partial charge in [-0.1, -0.05) is 0 Å². The zero-order valence-electron chi connectivity index (χ0n) is 15.7. The smallest absolute Gasteiger partial charge is 0.317 e. The normalized spacial score (nSPS) is 19.8. The van der Waals surface area contributed by atoms with Crippen LogP contribution in [0.15, 0.2) is 0 Å². The van der Waals surface area contributed by atoms with Gasteiger partial charge in [0.25, 0.3) is 8.38 Å². The van der Waals surface area contributed by atoms with Gasteiger partial charge in [0.05, 0.1) is 19.6 Å². The third kappa shape index (κ3) is 11.4. The van der Waals surface area contributed by atoms with Crippen LogP contribution in [0.4, 0.5) is 0 Å². The van der Waals surface area contributed by atoms with E-state index in [2.05, 4.69) is 0 Å². The van der Waals surface area contributed by atoms with Gasteiger partial charge in [-0.3, -0.25) is 34.0 Å². The summed E-state index contributed by atoms with van der Waals surface area (Å²) in [5, 5.41) is 27.3. The Bertz CT molecular complexity index is 492. The average Bonchev–Trinajstić information content (AvgIpc) is 2.55. The Labute approximate surface area is 164 Å². The van der Waals surface area contributed by atoms with E-state index in [1.807, 2.05) is 0 Å². The second-order valence-corrected chi connectivity index (χ2v) is 7.85. The molecule has 28 heavy (non-hydrogen) atoms. The first-order valence-corrected chi connectivity index (χ1v) is 10.5. The lowest BCUT2D eigenvalue weighted by atomic mass is 10.3. The molecule has 1 saturated heterocycles. The largest absolute Gasteiger partial charge is 0.480 e. The Hall–Kier alpha value is -1.40. The number of aliphatic carboxylic acids is 3. The SMILES string of the molecule is O=C(O)CN1CCN(CC(=O)O)CCN(C[PH+](O)O)CCN(CC(=O)O)CC1. The molecule has 0 aromatic carbocycles. The molecule has 0 atom stereocenters. The second-order valence-electron chi connectivity index (χ2n) is 6.70. The first-order valence-electron chi connectivity index (χ1n) is 8.94. The Morgan fingerprint density at radius 2 is 0.821 bits per heavy atom. The molecule has 5 N–H and O–H groups in total. The fraction of sp³-hybridized carbons (Fsp3) is 0.800. The standard InChI is InChI=1S/C15H29N4O8P/c20-13(21)9-16-1-3-17(10-14(22)23)5-7-19(12-28(26)27)8-6-18(4-2-16)11-15(24)25/h26-27H,1-12H2,(H,20,21)(H,22,23)(H,24,25)/p+1. The fourth-order valence-corrected chi connectivity index (χ4v) is 3.70. The van der Waals surface area contributed by atoms with Crippen molar-refractivity contribution in [3.63, 3.8) is 0 Å². The molecule has 0 radical (unpaired) electrons. The molecule has 0 bridgehead atoms. The third-order valence-corrected chi connectivity index (χ3v) is 5.10. The number of nitrogens with zero attached hydrogens (tertiary/aromatic N) is 4. The lowest BCUT2D eigenvalue weighted by Gasteiger charge is -2.32. The minimum Gasteiger partial charge on any atom is -0.480 e. The van der Waals surface area contributed by atoms with Crippen molar-refractivity contribution in [1.82, 2.24) is 19.6 Å². The molecule has 162 valence electrons. The molecule has 0 aromatic rings. The number of rotatable bonds is 8. The molecule has 12 nitrogen and oxygen atoms in total. The Morgan fingerprint density at radius 1 is 0.571 bits per heavy atom. The molecular weight excluding hydrogens is 395 g/mol. The number of hydrogen-bond donors (Lipinski definition) is 5. The monoisotopic (exact) mass is 425 g/mol. The van der Waals surface area contributed by atoms with Gasteiger partial charge in [-0.15, -0.1) is 0 Å². The van der Waals surface area contributed by atoms with E-state index in [0.29, 0.717) is 52.4 Å². The van der Waals surface area contributed by atoms with Crippen LogP contribution >= 0.6 is 8.38 Å². The van der Waals surface area contributed by atoms with E-state index in [-0.39, 0.29) is 25.9 Å². The summed E-state index contributed by atoms with van der Waals surface area (Å²) in [4.78, 5) is 58.9. The number of carboxylic acid groups (broad SMARTS) is 3. The van der Waals surface area contributed by atoms with Crippen molar-refractivity contribution in [3.05, 3.63) is 0 Å². The summed E-state index contributed by atoms with van der Waals surface area (Å²) in [6, 6.07) is 0. The maximum absolute atomic E-state index is 11.1. The van der Waals surface area contributed by atoms with Gasteiger partial charge in [-0.2, -0.15) is 0 Å². The zero-order valence-corrected chi connectivity index (χ0v) is 16.7. The second kappa shape index (κ2) is 12.9. The van der Waals surface area contributed by atoms with E-state index >= 15 is 0 Å². The molecule has 0 amide bonds. The number of carboxylic acids is 3. The lowest BCUT2D eigenvalue weighted by Crippen LogP contribution is -2.48. The predicted octanol–water partition coefficient (Wildman–Crippen LogP) is -2.55. The van der Waals surface area contributed by atoms with Gasteiger partial charge in [0.1, 0.15) is 0 Å². The Balaban J connectivity index is 2.89. The van der Waals surface area contributed by atoms with Gasteiger partial charge in [0.2, 0.25) is 0 Å². The number of carbonyl (C=O) groups is 3. The molecule has 0 aliphatic carbocycles. The molecule has 0 unspecified atom stereocenters. The molecule has 0 spiro atoms. The zero-order chi connectivity index (χ0) is 21.1. The van der Waals surface area contributed by atoms with Crippen LogP contribution in [-0.2, 0) is 14.4 Å². The van der Waals surface area contributed by atoms with Crippen molar-refractivity contribution >= 4 is 26.3 Å². The van der Waals surface area contributed by atoms with Gasteiger partial charge >= 0.3 is 17.9 Å². The maximum Gasteiger partial charge on any atom is 0.317 e. The first kappa shape index (κ1) is 24.6. The minimum atomic E-state index is -2.52. The molecule has 0 saturated carbocycles. The highest BCUT2D eigenvalue weighted by Crippen LogP contribution is 2.23. The number of hydrogen-bond acceptors (Lipinski definition) is 9. The summed E-state index contributed by atoms with van der Waals surface area (Å²) in [5.41, 5.74) is 0. The molecular formula is C15H30N4O8P+. The molecule has 1 fully saturated rings. The van der Waals surface area contributed by atoms with Crippen molar-refractivity contribution in [2.24, 2.45) is 0 Å². The van der Waals surface area contributed by atoms with Crippen molar-refractivity contribution in [1.29, 1.82) is 0 Å². The molecule has 1 heterocycles. The van der Waals surface area contributed by atoms with Crippen LogP contribution in [0.1, 0.15) is 0 Å². The quantitative estimate of drug-likeness (QED) is 0.259. The molecule has 1 aliphatic rings. The highest BCUT2D eigenvalue weighted by Gasteiger charge is 2.22. The predicted molar refractivity (Wildman–Crippen MR) is 101 cm³/mol. The van der Waals surface area contributed by atoms with E-state index in [1.165, 1.54) is 0 Å². The van der Waals surface area contributed by atoms with Gasteiger partial charge in [0, 0.05) is 52.4 Å². The Morgan fingerprint density at radius 3 is 1.04 bits per heavy atom. The van der Waals surface area contributed by atoms with E-state index in [0.717, 1.165) is 0 Å². The Kier molecular flexibility index (Phi) is 11.4. The van der Waals surface area contributed by atoms with E-state index < -0.39 is 26.3 Å². The third-order valence-electron chi connectivity index (χ3n) is 4.37. The molecule has 1 aliphatic heterocycles. The van der Waals surface area contributed by atoms with Crippen LogP contribution < -0.4 is 0 Å². The topological polar surface area (TPSA) is 165 Å². The summed E-state index contributed by atoms with van der Waals surface area (Å²) in [5.74, 6) is -3.00. The molecule has 0 aromatic heterocycles. The van der Waals surface area contributed by atoms with Gasteiger partial charge in [-0.25, -0.2) is 9.79 Å². The van der Waals surface area contributed by atoms with E-state index in [9.17, 15) is 24.2 Å². The van der Waals surface area contributed by atoms with Gasteiger partial charge in [0.15, 0.2) is 6.29 Å². The van der Waals surface area contributed by atoms with Crippen molar-refractivity contribution in [2.45, 2.75) is 0 Å². The summed E-state index contributed by atoms with van der Waals surface area (Å²) in [6.07, 6.45) is 0.0671. The average molecular weight is 425 g/mol. The fourth-order valence-electron chi connectivity index (χ4n) is 2.98. The summed E-state index contributed by atoms with van der Waals surface area (Å²) in [7, 11) is -2.52. The lowest BCUT2D eigenvalue weighted by molar-refractivity contribution is -0.140. The first-order chi connectivity index (χ1) is 13.2. The van der Waals surface area contributed by atoms with Crippen molar-refractivity contribution in [3.8, 4) is 0 Å². The molecule has 13 heteroatoms.